The molecule has 2 saturated heterocycles. The Morgan fingerprint density at radius 2 is 1.35 bits per heavy atom. The Kier molecular flexibility index (Phi) is 8.42. The molecule has 2 aliphatic heterocycles. The lowest BCUT2D eigenvalue weighted by Gasteiger charge is -2.36. The van der Waals surface area contributed by atoms with Crippen LogP contribution in [0.15, 0.2) is 62.7 Å². The highest BCUT2D eigenvalue weighted by molar-refractivity contribution is 7.90. The van der Waals surface area contributed by atoms with Crippen LogP contribution >= 0.6 is 0 Å². The van der Waals surface area contributed by atoms with Crippen molar-refractivity contribution in [3.63, 3.8) is 0 Å². The van der Waals surface area contributed by atoms with Crippen LogP contribution in [0.5, 0.6) is 0 Å². The van der Waals surface area contributed by atoms with E-state index in [-0.39, 0.29) is 22.3 Å². The molecule has 37 heavy (non-hydrogen) atoms. The summed E-state index contributed by atoms with van der Waals surface area (Å²) in [6, 6.07) is 13.5. The van der Waals surface area contributed by atoms with Crippen molar-refractivity contribution < 1.29 is 16.8 Å². The Morgan fingerprint density at radius 3 is 1.89 bits per heavy atom. The molecular weight excluding hydrogens is 508 g/mol. The fourth-order valence-electron chi connectivity index (χ4n) is 5.10. The molecule has 2 heterocycles. The summed E-state index contributed by atoms with van der Waals surface area (Å²) in [4.78, 5) is 4.50. The lowest BCUT2D eigenvalue weighted by atomic mass is 10.1. The minimum Gasteiger partial charge on any atom is -0.340 e. The molecule has 0 spiro atoms. The zero-order valence-electron chi connectivity index (χ0n) is 22.2. The van der Waals surface area contributed by atoms with Crippen LogP contribution in [0.2, 0.25) is 0 Å². The summed E-state index contributed by atoms with van der Waals surface area (Å²) in [5, 5.41) is 0. The van der Waals surface area contributed by atoms with Crippen LogP contribution in [0.25, 0.3) is 0 Å². The van der Waals surface area contributed by atoms with E-state index in [1.54, 1.807) is 48.5 Å². The van der Waals surface area contributed by atoms with Gasteiger partial charge in [-0.25, -0.2) is 8.42 Å². The Morgan fingerprint density at radius 1 is 0.811 bits per heavy atom. The number of sulfonamides is 2. The van der Waals surface area contributed by atoms with E-state index >= 15 is 0 Å². The third-order valence-corrected chi connectivity index (χ3v) is 10.3. The molecule has 4 rings (SSSR count). The number of benzene rings is 2. The van der Waals surface area contributed by atoms with Gasteiger partial charge in [-0.1, -0.05) is 55.7 Å². The van der Waals surface area contributed by atoms with Crippen LogP contribution < -0.4 is 0 Å². The van der Waals surface area contributed by atoms with E-state index in [2.05, 4.69) is 9.30 Å². The van der Waals surface area contributed by atoms with E-state index in [1.807, 2.05) is 32.6 Å². The fourth-order valence-corrected chi connectivity index (χ4v) is 7.84. The van der Waals surface area contributed by atoms with Gasteiger partial charge in [-0.2, -0.15) is 12.7 Å². The van der Waals surface area contributed by atoms with Gasteiger partial charge in [0.15, 0.2) is 0 Å². The standard InChI is InChI=1S/C27H38N4O4S2/c1-21(2)27-30(18-19-31(27)37(34,35)25-14-10-23(4)11-15-25)26(20-29-16-6-5-7-17-29)28-36(32,33)24-12-8-22(3)9-13-24/h8-15,21,27H,5-7,16-20H2,1-4H3. The second-order valence-electron chi connectivity index (χ2n) is 10.4. The molecule has 2 aromatic rings. The maximum atomic E-state index is 13.7. The van der Waals surface area contributed by atoms with E-state index in [0.29, 0.717) is 18.9 Å². The molecule has 8 nitrogen and oxygen atoms in total. The Bertz CT molecular complexity index is 1320. The first-order valence-electron chi connectivity index (χ1n) is 13.0. The van der Waals surface area contributed by atoms with Crippen molar-refractivity contribution in [2.45, 2.75) is 62.9 Å². The average molecular weight is 547 g/mol. The van der Waals surface area contributed by atoms with Crippen molar-refractivity contribution in [1.82, 2.24) is 14.1 Å². The van der Waals surface area contributed by atoms with E-state index in [4.69, 9.17) is 0 Å². The molecule has 2 fully saturated rings. The number of likely N-dealkylation sites (tertiary alicyclic amines) is 1. The second-order valence-corrected chi connectivity index (χ2v) is 13.9. The van der Waals surface area contributed by atoms with Crippen LogP contribution in [0.4, 0.5) is 0 Å². The van der Waals surface area contributed by atoms with Crippen LogP contribution in [0, 0.1) is 19.8 Å². The fraction of sp³-hybridized carbons (Fsp3) is 0.519. The van der Waals surface area contributed by atoms with Crippen LogP contribution in [-0.2, 0) is 20.0 Å². The SMILES string of the molecule is Cc1ccc(S(=O)(=O)N=C(CN2CCCCC2)N2CCN(S(=O)(=O)c3ccc(C)cc3)C2C(C)C)cc1. The number of rotatable bonds is 7. The molecule has 0 radical (unpaired) electrons. The predicted molar refractivity (Wildman–Crippen MR) is 146 cm³/mol. The molecule has 0 aromatic heterocycles. The number of piperidine rings is 1. The molecular formula is C27H38N4O4S2. The smallest absolute Gasteiger partial charge is 0.283 e. The van der Waals surface area contributed by atoms with Gasteiger partial charge in [-0.15, -0.1) is 4.40 Å². The first-order valence-corrected chi connectivity index (χ1v) is 15.8. The molecule has 0 N–H and O–H groups in total. The van der Waals surface area contributed by atoms with Crippen molar-refractivity contribution >= 4 is 25.9 Å². The molecule has 1 atom stereocenters. The highest BCUT2D eigenvalue weighted by atomic mass is 32.2. The number of hydrogen-bond acceptors (Lipinski definition) is 5. The van der Waals surface area contributed by atoms with Crippen molar-refractivity contribution in [2.24, 2.45) is 10.3 Å². The molecule has 1 unspecified atom stereocenters. The molecule has 2 aliphatic rings. The number of hydrogen-bond donors (Lipinski definition) is 0. The quantitative estimate of drug-likeness (QED) is 0.387. The first kappa shape index (κ1) is 27.8. The number of amidine groups is 1. The summed E-state index contributed by atoms with van der Waals surface area (Å²) in [7, 11) is -7.75. The molecule has 10 heteroatoms. The van der Waals surface area contributed by atoms with Gasteiger partial charge in [0.2, 0.25) is 10.0 Å². The highest BCUT2D eigenvalue weighted by Crippen LogP contribution is 2.30. The summed E-state index contributed by atoms with van der Waals surface area (Å²) in [6.45, 7) is 10.5. The van der Waals surface area contributed by atoms with Crippen LogP contribution in [0.1, 0.15) is 44.2 Å². The van der Waals surface area contributed by atoms with Crippen LogP contribution in [-0.4, -0.2) is 75.7 Å². The van der Waals surface area contributed by atoms with Gasteiger partial charge in [0.1, 0.15) is 5.84 Å². The summed E-state index contributed by atoms with van der Waals surface area (Å²) in [5.74, 6) is 0.319. The Balaban J connectivity index is 1.73. The zero-order chi connectivity index (χ0) is 26.8. The third-order valence-electron chi connectivity index (χ3n) is 7.09. The minimum atomic E-state index is -3.97. The largest absolute Gasteiger partial charge is 0.340 e. The predicted octanol–water partition coefficient (Wildman–Crippen LogP) is 3.87. The third kappa shape index (κ3) is 6.25. The molecule has 0 saturated carbocycles. The van der Waals surface area contributed by atoms with Gasteiger partial charge in [-0.05, 0) is 70.0 Å². The van der Waals surface area contributed by atoms with Gasteiger partial charge in [0.25, 0.3) is 10.0 Å². The summed E-state index contributed by atoms with van der Waals surface area (Å²) >= 11 is 0. The lowest BCUT2D eigenvalue weighted by molar-refractivity contribution is 0.197. The van der Waals surface area contributed by atoms with E-state index in [9.17, 15) is 16.8 Å². The van der Waals surface area contributed by atoms with Gasteiger partial charge < -0.3 is 4.90 Å². The highest BCUT2D eigenvalue weighted by Gasteiger charge is 2.43. The van der Waals surface area contributed by atoms with Crippen molar-refractivity contribution in [2.75, 3.05) is 32.7 Å². The number of nitrogens with zero attached hydrogens (tertiary/aromatic N) is 4. The van der Waals surface area contributed by atoms with Crippen molar-refractivity contribution in [1.29, 1.82) is 0 Å². The van der Waals surface area contributed by atoms with Crippen molar-refractivity contribution in [3.05, 3.63) is 59.7 Å². The van der Waals surface area contributed by atoms with Gasteiger partial charge in [0.05, 0.1) is 22.5 Å². The molecule has 0 amide bonds. The van der Waals surface area contributed by atoms with E-state index in [0.717, 1.165) is 43.5 Å². The summed E-state index contributed by atoms with van der Waals surface area (Å²) in [5.41, 5.74) is 1.95. The van der Waals surface area contributed by atoms with Gasteiger partial charge in [0, 0.05) is 13.1 Å². The second kappa shape index (κ2) is 11.2. The van der Waals surface area contributed by atoms with E-state index < -0.39 is 26.2 Å². The van der Waals surface area contributed by atoms with Gasteiger partial charge >= 0.3 is 0 Å². The normalized spacial score (nSPS) is 20.6. The maximum absolute atomic E-state index is 13.7. The summed E-state index contributed by atoms with van der Waals surface area (Å²) < 4.78 is 60.0. The number of aryl methyl sites for hydroxylation is 2. The molecule has 2 aromatic carbocycles. The van der Waals surface area contributed by atoms with Gasteiger partial charge in [-0.3, -0.25) is 4.90 Å². The monoisotopic (exact) mass is 546 g/mol. The maximum Gasteiger partial charge on any atom is 0.283 e. The Labute approximate surface area is 222 Å². The molecule has 202 valence electrons. The topological polar surface area (TPSA) is 90.4 Å². The zero-order valence-corrected chi connectivity index (χ0v) is 23.8. The van der Waals surface area contributed by atoms with E-state index in [1.165, 1.54) is 4.31 Å². The average Bonchev–Trinajstić information content (AvgIpc) is 3.31. The first-order chi connectivity index (χ1) is 17.5. The molecule has 0 aliphatic carbocycles. The van der Waals surface area contributed by atoms with Crippen molar-refractivity contribution in [3.8, 4) is 0 Å². The summed E-state index contributed by atoms with van der Waals surface area (Å²) in [6.07, 6.45) is 2.73. The molecule has 0 bridgehead atoms. The minimum absolute atomic E-state index is 0.0867. The van der Waals surface area contributed by atoms with Crippen LogP contribution in [0.3, 0.4) is 0 Å². The lowest BCUT2D eigenvalue weighted by Crippen LogP contribution is -2.50. The Hall–Kier alpha value is -2.27.